The number of aryl methyl sites for hydroxylation is 14. The Kier molecular flexibility index (Phi) is 25.8. The lowest BCUT2D eigenvalue weighted by molar-refractivity contribution is -0.659. The fourth-order valence-electron chi connectivity index (χ4n) is 16.9. The zero-order chi connectivity index (χ0) is 81.9. The van der Waals surface area contributed by atoms with Crippen LogP contribution in [0.25, 0.3) is 110 Å². The molecule has 0 amide bonds. The highest BCUT2D eigenvalue weighted by atomic mass is 14.9. The van der Waals surface area contributed by atoms with Gasteiger partial charge in [-0.2, -0.15) is 0 Å². The van der Waals surface area contributed by atoms with Crippen molar-refractivity contribution in [2.75, 3.05) is 0 Å². The van der Waals surface area contributed by atoms with E-state index in [4.69, 9.17) is 0 Å². The number of nitrogens with zero attached hydrogens (tertiary/aromatic N) is 5. The van der Waals surface area contributed by atoms with E-state index in [1.807, 2.05) is 0 Å². The summed E-state index contributed by atoms with van der Waals surface area (Å²) in [7, 11) is 10.8. The molecule has 0 N–H and O–H groups in total. The normalized spacial score (nSPS) is 11.4. The van der Waals surface area contributed by atoms with Crippen molar-refractivity contribution in [1.82, 2.24) is 0 Å². The van der Waals surface area contributed by atoms with Crippen molar-refractivity contribution in [1.29, 1.82) is 0 Å². The quantitative estimate of drug-likeness (QED) is 0.122. The Morgan fingerprint density at radius 1 is 0.212 bits per heavy atom. The number of benzene rings is 10. The molecule has 0 bridgehead atoms. The predicted molar refractivity (Wildman–Crippen MR) is 485 cm³/mol. The second kappa shape index (κ2) is 35.1. The molecule has 0 unspecified atom stereocenters. The van der Waals surface area contributed by atoms with E-state index < -0.39 is 0 Å². The molecule has 0 aliphatic carbocycles. The maximum absolute atomic E-state index is 2.37. The van der Waals surface area contributed by atoms with Crippen LogP contribution in [0.4, 0.5) is 0 Å². The Hall–Kier alpha value is -10.8. The molecule has 0 spiro atoms. The molecule has 0 atom stereocenters. The lowest BCUT2D eigenvalue weighted by atomic mass is 9.91. The van der Waals surface area contributed by atoms with Crippen molar-refractivity contribution in [3.8, 4) is 56.3 Å². The highest BCUT2D eigenvalue weighted by molar-refractivity contribution is 5.99. The van der Waals surface area contributed by atoms with Gasteiger partial charge in [-0.3, -0.25) is 0 Å². The first-order valence-corrected chi connectivity index (χ1v) is 41.1. The van der Waals surface area contributed by atoms with Gasteiger partial charge in [-0.05, 0) is 274 Å². The second-order valence-electron chi connectivity index (χ2n) is 34.1. The Morgan fingerprint density at radius 3 is 0.956 bits per heavy atom. The van der Waals surface area contributed by atoms with Gasteiger partial charge in [0.05, 0.1) is 49.2 Å². The van der Waals surface area contributed by atoms with Crippen LogP contribution in [0.5, 0.6) is 0 Å². The first-order valence-electron chi connectivity index (χ1n) is 41.1. The van der Waals surface area contributed by atoms with Crippen LogP contribution in [0.15, 0.2) is 225 Å². The number of rotatable bonds is 10. The van der Waals surface area contributed by atoms with Gasteiger partial charge in [-0.25, -0.2) is 22.8 Å². The van der Waals surface area contributed by atoms with Crippen molar-refractivity contribution >= 4 is 53.9 Å². The maximum Gasteiger partial charge on any atom is 0.220 e. The predicted octanol–water partition coefficient (Wildman–Crippen LogP) is 26.3. The summed E-state index contributed by atoms with van der Waals surface area (Å²) < 4.78 is 11.3. The van der Waals surface area contributed by atoms with E-state index in [0.717, 1.165) is 0 Å². The Labute approximate surface area is 678 Å². The molecule has 10 aromatic carbocycles. The van der Waals surface area contributed by atoms with Crippen LogP contribution < -0.4 is 22.8 Å². The van der Waals surface area contributed by atoms with Gasteiger partial charge in [0.1, 0.15) is 35.2 Å². The Balaban J connectivity index is 0.000000140. The third kappa shape index (κ3) is 17.7. The molecule has 113 heavy (non-hydrogen) atoms. The zero-order valence-corrected chi connectivity index (χ0v) is 73.5. The average molecular weight is 1490 g/mol. The fourth-order valence-corrected chi connectivity index (χ4v) is 16.9. The summed E-state index contributed by atoms with van der Waals surface area (Å²) in [6.45, 7) is 51.2. The summed E-state index contributed by atoms with van der Waals surface area (Å²) >= 11 is 0. The fraction of sp³-hybridized carbons (Fsp3) is 0.306. The molecule has 0 aliphatic rings. The maximum atomic E-state index is 2.37. The molecule has 5 heterocycles. The smallest absolute Gasteiger partial charge is 0.200 e. The highest BCUT2D eigenvalue weighted by Crippen LogP contribution is 2.39. The van der Waals surface area contributed by atoms with Crippen molar-refractivity contribution < 1.29 is 22.8 Å². The van der Waals surface area contributed by atoms with Crippen LogP contribution in [0, 0.1) is 90.0 Å². The zero-order valence-electron chi connectivity index (χ0n) is 73.5. The molecule has 0 aliphatic heterocycles. The molecular weight excluding hydrogens is 1370 g/mol. The molecule has 0 radical (unpaired) electrons. The Bertz CT molecular complexity index is 5910. The van der Waals surface area contributed by atoms with Crippen LogP contribution >= 0.6 is 0 Å². The van der Waals surface area contributed by atoms with Gasteiger partial charge >= 0.3 is 0 Å². The molecule has 5 heteroatoms. The van der Waals surface area contributed by atoms with Crippen LogP contribution in [-0.2, 0) is 35.2 Å². The molecule has 5 aromatic heterocycles. The van der Waals surface area contributed by atoms with Gasteiger partial charge in [0, 0.05) is 34.9 Å². The molecule has 15 rings (SSSR count). The van der Waals surface area contributed by atoms with E-state index in [2.05, 4.69) is 442 Å². The summed E-state index contributed by atoms with van der Waals surface area (Å²) in [5, 5.41) is 13.4. The van der Waals surface area contributed by atoms with E-state index >= 15 is 0 Å². The molecular formula is C108H126N5+5. The van der Waals surface area contributed by atoms with Crippen molar-refractivity contribution in [2.24, 2.45) is 35.2 Å². The van der Waals surface area contributed by atoms with Crippen LogP contribution in [0.3, 0.4) is 0 Å². The van der Waals surface area contributed by atoms with Gasteiger partial charge in [-0.1, -0.05) is 207 Å². The second-order valence-corrected chi connectivity index (χ2v) is 34.1. The number of fused-ring (bicyclic) bond motifs is 5. The summed E-state index contributed by atoms with van der Waals surface area (Å²) in [4.78, 5) is 0. The van der Waals surface area contributed by atoms with Gasteiger partial charge in [0.2, 0.25) is 28.5 Å². The number of hydrogen-bond donors (Lipinski definition) is 0. The van der Waals surface area contributed by atoms with Gasteiger partial charge in [0.15, 0.2) is 31.0 Å². The van der Waals surface area contributed by atoms with Crippen molar-refractivity contribution in [2.45, 2.75) is 189 Å². The van der Waals surface area contributed by atoms with E-state index in [-0.39, 0.29) is 0 Å². The van der Waals surface area contributed by atoms with Crippen molar-refractivity contribution in [3.63, 3.8) is 0 Å². The van der Waals surface area contributed by atoms with E-state index in [1.54, 1.807) is 0 Å². The summed E-state index contributed by atoms with van der Waals surface area (Å²) in [5.74, 6) is 2.66. The summed E-state index contributed by atoms with van der Waals surface area (Å²) in [5.41, 5.74) is 37.8. The Morgan fingerprint density at radius 2 is 0.540 bits per heavy atom. The minimum Gasteiger partial charge on any atom is -0.200 e. The minimum absolute atomic E-state index is 0.514. The van der Waals surface area contributed by atoms with Crippen molar-refractivity contribution in [3.05, 3.63) is 325 Å². The largest absolute Gasteiger partial charge is 0.220 e. The van der Waals surface area contributed by atoms with Gasteiger partial charge in [0.25, 0.3) is 0 Å². The molecule has 15 aromatic rings. The van der Waals surface area contributed by atoms with E-state index in [0.29, 0.717) is 29.6 Å². The number of pyridine rings is 5. The third-order valence-electron chi connectivity index (χ3n) is 23.8. The first kappa shape index (κ1) is 83.2. The molecule has 0 saturated heterocycles. The summed E-state index contributed by atoms with van der Waals surface area (Å²) in [6.07, 6.45) is 11.1. The first-order chi connectivity index (χ1) is 53.6. The van der Waals surface area contributed by atoms with Crippen LogP contribution in [0.2, 0.25) is 0 Å². The van der Waals surface area contributed by atoms with E-state index in [9.17, 15) is 0 Å². The van der Waals surface area contributed by atoms with Crippen LogP contribution in [-0.4, -0.2) is 0 Å². The van der Waals surface area contributed by atoms with E-state index in [1.165, 1.54) is 210 Å². The lowest BCUT2D eigenvalue weighted by Gasteiger charge is -2.14. The minimum atomic E-state index is 0.514. The standard InChI is InChI=1S/4C22H26N.C20H22N/c1-14(2)18-7-8-20-19(13-18)9-10-23(6)22(20)21-12-15(3)11-16(4)17(21)5;1-14(2)19-8-7-18-9-10-23(6)22(21(18)13-19)20-12-15(3)11-16(4)17(20)5;1-14(2)18-8-7-9-20-19(18)10-11-23(6)22(20)21-13-15(3)12-16(4)17(21)5;1-14(2)21-13-23(6)22(19-10-8-7-9-18(19)21)20-12-15(3)11-16(4)17(20)5;1-14(2)19-13-21(4)20(16-10-6-5-9-15(16)3)18-12-8-7-11-17(18)19/h4*7-14H,1-6H3;5-14H,1-4H3/q5*+1. The summed E-state index contributed by atoms with van der Waals surface area (Å²) in [6, 6.07) is 71.7. The highest BCUT2D eigenvalue weighted by Gasteiger charge is 2.27. The van der Waals surface area contributed by atoms with Gasteiger partial charge in [-0.15, -0.1) is 0 Å². The number of hydrogen-bond acceptors (Lipinski definition) is 0. The van der Waals surface area contributed by atoms with Gasteiger partial charge < -0.3 is 0 Å². The molecule has 0 fully saturated rings. The molecule has 578 valence electrons. The third-order valence-corrected chi connectivity index (χ3v) is 23.8. The molecule has 5 nitrogen and oxygen atoms in total. The van der Waals surface area contributed by atoms with Crippen LogP contribution in [0.1, 0.15) is 199 Å². The monoisotopic (exact) mass is 1490 g/mol. The SMILES string of the molecule is Cc1cc(C)c(C)c(-c2c3cc(C(C)C)ccc3cc[n+]2C)c1.Cc1cc(C)c(C)c(-c2c3ccc(C(C)C)cc3cc[n+]2C)c1.Cc1cc(C)c(C)c(-c2c3cccc(C(C)C)c3cc[n+]2C)c1.Cc1cc(C)c(C)c(-c2c3ccccc3c(C(C)C)c[n+]2C)c1.Cc1ccccc1-c1c2ccccc2c(C(C)C)c[n+]1C. The lowest BCUT2D eigenvalue weighted by Crippen LogP contribution is -2.32. The average Bonchev–Trinajstić information content (AvgIpc) is 0.761. The number of aromatic nitrogens is 5. The topological polar surface area (TPSA) is 19.4 Å². The molecule has 0 saturated carbocycles.